The first-order valence-corrected chi connectivity index (χ1v) is 9.47. The molecule has 14 heteroatoms. The van der Waals surface area contributed by atoms with Crippen molar-refractivity contribution in [1.29, 1.82) is 0 Å². The van der Waals surface area contributed by atoms with E-state index in [-0.39, 0.29) is 0 Å². The molecule has 0 amide bonds. The second kappa shape index (κ2) is 12.5. The number of rotatable bonds is 16. The molecule has 0 aliphatic carbocycles. The molecule has 0 N–H and O–H groups in total. The van der Waals surface area contributed by atoms with E-state index in [1.54, 1.807) is 0 Å². The Hall–Kier alpha value is -3.19. The zero-order chi connectivity index (χ0) is 27.7. The normalized spacial score (nSPS) is 14.2. The maximum Gasteiger partial charge on any atom is 0.378 e. The molecule has 0 radical (unpaired) electrons. The molecule has 0 fully saturated rings. The molecule has 0 spiro atoms. The average molecular weight is 522 g/mol. The summed E-state index contributed by atoms with van der Waals surface area (Å²) in [4.78, 5) is 33.3. The Bertz CT molecular complexity index is 825. The van der Waals surface area contributed by atoms with Crippen LogP contribution in [0.15, 0.2) is 50.6 Å². The molecule has 0 heterocycles. The number of alkyl halides is 8. The molecular formula is C21H22F8O6. The summed E-state index contributed by atoms with van der Waals surface area (Å²) in [6.45, 7) is 9.57. The van der Waals surface area contributed by atoms with Crippen molar-refractivity contribution in [2.24, 2.45) is 5.92 Å². The topological polar surface area (TPSA) is 78.9 Å². The van der Waals surface area contributed by atoms with Gasteiger partial charge in [0.2, 0.25) is 0 Å². The minimum absolute atomic E-state index is 0.399. The fourth-order valence-corrected chi connectivity index (χ4v) is 2.37. The summed E-state index contributed by atoms with van der Waals surface area (Å²) < 4.78 is 127. The number of ether oxygens (including phenoxy) is 3. The molecule has 0 bridgehead atoms. The first-order valence-electron chi connectivity index (χ1n) is 9.47. The van der Waals surface area contributed by atoms with E-state index in [9.17, 15) is 49.5 Å². The summed E-state index contributed by atoms with van der Waals surface area (Å²) in [5.74, 6) is -30.8. The number of halogens is 8. The second-order valence-corrected chi connectivity index (χ2v) is 6.89. The van der Waals surface area contributed by atoms with Crippen LogP contribution in [0.3, 0.4) is 0 Å². The number of carbonyl (C=O) groups excluding carboxylic acids is 3. The van der Waals surface area contributed by atoms with E-state index < -0.39 is 79.7 Å². The van der Waals surface area contributed by atoms with Crippen molar-refractivity contribution in [2.75, 3.05) is 13.2 Å². The Morgan fingerprint density at radius 2 is 1.06 bits per heavy atom. The quantitative estimate of drug-likeness (QED) is 0.0965. The van der Waals surface area contributed by atoms with Crippen molar-refractivity contribution in [1.82, 2.24) is 0 Å². The maximum atomic E-state index is 14.3. The van der Waals surface area contributed by atoms with Gasteiger partial charge in [0, 0.05) is 30.6 Å². The van der Waals surface area contributed by atoms with Crippen LogP contribution in [0.25, 0.3) is 0 Å². The third kappa shape index (κ3) is 8.21. The largest absolute Gasteiger partial charge is 0.462 e. The first-order chi connectivity index (χ1) is 15.9. The molecule has 2 unspecified atom stereocenters. The van der Waals surface area contributed by atoms with E-state index in [0.717, 1.165) is 0 Å². The smallest absolute Gasteiger partial charge is 0.378 e. The monoisotopic (exact) mass is 522 g/mol. The fourth-order valence-electron chi connectivity index (χ4n) is 2.37. The van der Waals surface area contributed by atoms with Gasteiger partial charge in [0.05, 0.1) is 13.0 Å². The lowest BCUT2D eigenvalue weighted by atomic mass is 9.89. The van der Waals surface area contributed by atoms with E-state index in [2.05, 4.69) is 40.5 Å². The summed E-state index contributed by atoms with van der Waals surface area (Å²) in [5, 5.41) is 0. The van der Waals surface area contributed by atoms with Crippen molar-refractivity contribution in [3.63, 3.8) is 0 Å². The van der Waals surface area contributed by atoms with Crippen molar-refractivity contribution >= 4 is 17.9 Å². The van der Waals surface area contributed by atoms with Gasteiger partial charge in [-0.05, 0) is 0 Å². The molecule has 6 nitrogen and oxygen atoms in total. The van der Waals surface area contributed by atoms with Gasteiger partial charge in [-0.3, -0.25) is 0 Å². The van der Waals surface area contributed by atoms with Crippen molar-refractivity contribution in [3.8, 4) is 0 Å². The van der Waals surface area contributed by atoms with Crippen molar-refractivity contribution in [2.45, 2.75) is 42.6 Å². The van der Waals surface area contributed by atoms with Gasteiger partial charge in [-0.2, -0.15) is 35.1 Å². The van der Waals surface area contributed by atoms with Gasteiger partial charge >= 0.3 is 41.6 Å². The van der Waals surface area contributed by atoms with Gasteiger partial charge < -0.3 is 14.2 Å². The number of hydrogen-bond donors (Lipinski definition) is 0. The van der Waals surface area contributed by atoms with Crippen LogP contribution in [0, 0.1) is 5.92 Å². The molecule has 0 aromatic carbocycles. The van der Waals surface area contributed by atoms with Gasteiger partial charge in [-0.1, -0.05) is 25.8 Å². The predicted molar refractivity (Wildman–Crippen MR) is 105 cm³/mol. The molecule has 0 saturated heterocycles. The van der Waals surface area contributed by atoms with Crippen LogP contribution in [0.5, 0.6) is 0 Å². The maximum absolute atomic E-state index is 14.3. The van der Waals surface area contributed by atoms with E-state index in [0.29, 0.717) is 24.3 Å². The summed E-state index contributed by atoms with van der Waals surface area (Å²) in [7, 11) is 0. The molecular weight excluding hydrogens is 500 g/mol. The van der Waals surface area contributed by atoms with Crippen LogP contribution in [-0.2, 0) is 28.6 Å². The van der Waals surface area contributed by atoms with Crippen LogP contribution >= 0.6 is 0 Å². The van der Waals surface area contributed by atoms with Gasteiger partial charge in [0.1, 0.15) is 12.7 Å². The molecule has 198 valence electrons. The van der Waals surface area contributed by atoms with Crippen molar-refractivity contribution < 1.29 is 63.7 Å². The SMILES string of the molecule is C=CC(=O)OCC(C=C)CC(F)(F)C(F)(F)C(F)(F)C(F)(F)CC(COC(=O)C=C)OC(=O)C=C. The molecule has 0 aliphatic rings. The van der Waals surface area contributed by atoms with Crippen LogP contribution in [0.2, 0.25) is 0 Å². The highest BCUT2D eigenvalue weighted by Crippen LogP contribution is 2.55. The number of hydrogen-bond acceptors (Lipinski definition) is 6. The number of carbonyl (C=O) groups is 3. The van der Waals surface area contributed by atoms with Crippen LogP contribution in [-0.4, -0.2) is 60.9 Å². The van der Waals surface area contributed by atoms with Crippen LogP contribution < -0.4 is 0 Å². The van der Waals surface area contributed by atoms with Gasteiger partial charge in [0.25, 0.3) is 0 Å². The van der Waals surface area contributed by atoms with E-state index in [1.807, 2.05) is 0 Å². The fraction of sp³-hybridized carbons (Fsp3) is 0.476. The van der Waals surface area contributed by atoms with Gasteiger partial charge in [-0.15, -0.1) is 6.58 Å². The lowest BCUT2D eigenvalue weighted by molar-refractivity contribution is -0.371. The Morgan fingerprint density at radius 3 is 1.46 bits per heavy atom. The standard InChI is InChI=1S/C21H22F8O6/c1-5-13(11-33-15(30)6-2)9-18(22,23)20(26,27)21(28,29)19(24,25)10-14(35-17(32)8-4)12-34-16(31)7-3/h5-8,13-14H,1-4,9-12H2. The highest BCUT2D eigenvalue weighted by atomic mass is 19.4. The zero-order valence-electron chi connectivity index (χ0n) is 18.1. The van der Waals surface area contributed by atoms with E-state index in [1.165, 1.54) is 0 Å². The average Bonchev–Trinajstić information content (AvgIpc) is 2.78. The molecule has 0 aromatic heterocycles. The second-order valence-electron chi connectivity index (χ2n) is 6.89. The van der Waals surface area contributed by atoms with Gasteiger partial charge in [-0.25, -0.2) is 14.4 Å². The Labute approximate surface area is 194 Å². The van der Waals surface area contributed by atoms with E-state index in [4.69, 9.17) is 0 Å². The lowest BCUT2D eigenvalue weighted by Gasteiger charge is -2.38. The Balaban J connectivity index is 5.89. The molecule has 0 aliphatic heterocycles. The Morgan fingerprint density at radius 1 is 0.657 bits per heavy atom. The van der Waals surface area contributed by atoms with Crippen LogP contribution in [0.1, 0.15) is 12.8 Å². The molecule has 0 aromatic rings. The zero-order valence-corrected chi connectivity index (χ0v) is 18.1. The first kappa shape index (κ1) is 31.8. The third-order valence-corrected chi connectivity index (χ3v) is 4.28. The summed E-state index contributed by atoms with van der Waals surface area (Å²) in [5.41, 5.74) is 0. The third-order valence-electron chi connectivity index (χ3n) is 4.28. The molecule has 2 atom stereocenters. The number of esters is 3. The minimum atomic E-state index is -6.70. The van der Waals surface area contributed by atoms with Crippen molar-refractivity contribution in [3.05, 3.63) is 50.6 Å². The summed E-state index contributed by atoms with van der Waals surface area (Å²) in [6, 6.07) is 0. The minimum Gasteiger partial charge on any atom is -0.462 e. The highest BCUT2D eigenvalue weighted by Gasteiger charge is 2.80. The van der Waals surface area contributed by atoms with E-state index >= 15 is 0 Å². The molecule has 0 saturated carbocycles. The Kier molecular flexibility index (Phi) is 11.4. The highest BCUT2D eigenvalue weighted by molar-refractivity contribution is 5.82. The van der Waals surface area contributed by atoms with Crippen LogP contribution in [0.4, 0.5) is 35.1 Å². The molecule has 35 heavy (non-hydrogen) atoms. The predicted octanol–water partition coefficient (Wildman–Crippen LogP) is 4.67. The lowest BCUT2D eigenvalue weighted by Crippen LogP contribution is -2.63. The summed E-state index contributed by atoms with van der Waals surface area (Å²) in [6.07, 6.45) is -4.93. The molecule has 0 rings (SSSR count). The van der Waals surface area contributed by atoms with Gasteiger partial charge in [0.15, 0.2) is 0 Å². The summed E-state index contributed by atoms with van der Waals surface area (Å²) >= 11 is 0.